The fourth-order valence-electron chi connectivity index (χ4n) is 16.6. The zero-order valence-electron chi connectivity index (χ0n) is 42.4. The number of rotatable bonds is 4. The standard InChI is InChI=1S/C14H26O.C14H24O.C14H26O.C14H24O/c2*1-9-7-13-11(5-6-14(13,3)4)8-12(9)10(2)15;2*1-9-7-11-5-6-14(3,4)13(11)8-12(9)10(2)15/h9-13,15H,5-8H2,1-4H3;9,11-13H,5-8H2,1-4H3;9-13,15H,5-8H2,1-4H3;9,11-13H,5-8H2,1-4H3. The molecule has 0 bridgehead atoms. The summed E-state index contributed by atoms with van der Waals surface area (Å²) in [4.78, 5) is 23.2. The van der Waals surface area contributed by atoms with E-state index in [2.05, 4.69) is 83.1 Å². The highest BCUT2D eigenvalue weighted by Crippen LogP contribution is 2.59. The van der Waals surface area contributed by atoms with E-state index in [1.807, 2.05) is 13.8 Å². The van der Waals surface area contributed by atoms with Crippen LogP contribution in [-0.4, -0.2) is 34.0 Å². The number of carbonyl (C=O) groups is 2. The highest BCUT2D eigenvalue weighted by Gasteiger charge is 2.51. The van der Waals surface area contributed by atoms with Crippen molar-refractivity contribution >= 4 is 11.6 Å². The summed E-state index contributed by atoms with van der Waals surface area (Å²) in [5.74, 6) is 12.4. The summed E-state index contributed by atoms with van der Waals surface area (Å²) < 4.78 is 0. The maximum atomic E-state index is 11.6. The summed E-state index contributed by atoms with van der Waals surface area (Å²) in [6, 6.07) is 0. The topological polar surface area (TPSA) is 74.6 Å². The van der Waals surface area contributed by atoms with E-state index in [0.717, 1.165) is 59.7 Å². The molecule has 4 nitrogen and oxygen atoms in total. The molecule has 0 amide bonds. The van der Waals surface area contributed by atoms with Gasteiger partial charge in [0.1, 0.15) is 11.6 Å². The van der Waals surface area contributed by atoms with Gasteiger partial charge in [-0.2, -0.15) is 0 Å². The van der Waals surface area contributed by atoms with Gasteiger partial charge in [0.15, 0.2) is 0 Å². The number of hydrogen-bond acceptors (Lipinski definition) is 4. The Hall–Kier alpha value is -0.740. The Bertz CT molecular complexity index is 1420. The largest absolute Gasteiger partial charge is 0.393 e. The minimum atomic E-state index is -0.114. The molecule has 8 saturated carbocycles. The van der Waals surface area contributed by atoms with Crippen LogP contribution in [0.25, 0.3) is 0 Å². The summed E-state index contributed by atoms with van der Waals surface area (Å²) in [6.45, 7) is 36.1. The Morgan fingerprint density at radius 1 is 0.417 bits per heavy atom. The molecule has 0 aliphatic heterocycles. The molecule has 0 aromatic carbocycles. The Morgan fingerprint density at radius 2 is 0.700 bits per heavy atom. The second-order valence-corrected chi connectivity index (χ2v) is 26.6. The van der Waals surface area contributed by atoms with Crippen molar-refractivity contribution in [3.63, 3.8) is 0 Å². The third-order valence-electron chi connectivity index (χ3n) is 20.8. The highest BCUT2D eigenvalue weighted by molar-refractivity contribution is 5.79. The lowest BCUT2D eigenvalue weighted by molar-refractivity contribution is -0.125. The van der Waals surface area contributed by atoms with Crippen molar-refractivity contribution < 1.29 is 19.8 Å². The van der Waals surface area contributed by atoms with Crippen LogP contribution < -0.4 is 0 Å². The number of Topliss-reactive ketones (excluding diaryl/α,β-unsaturated/α-hetero) is 2. The first-order chi connectivity index (χ1) is 27.7. The molecule has 2 N–H and O–H groups in total. The molecule has 0 radical (unpaired) electrons. The highest BCUT2D eigenvalue weighted by atomic mass is 16.3. The molecule has 4 heteroatoms. The van der Waals surface area contributed by atoms with Crippen LogP contribution in [0, 0.1) is 116 Å². The summed E-state index contributed by atoms with van der Waals surface area (Å²) in [5.41, 5.74) is 2.10. The van der Waals surface area contributed by atoms with Crippen LogP contribution in [0.5, 0.6) is 0 Å². The Labute approximate surface area is 372 Å². The van der Waals surface area contributed by atoms with Crippen LogP contribution >= 0.6 is 0 Å². The first kappa shape index (κ1) is 50.3. The number of aliphatic hydroxyl groups is 2. The van der Waals surface area contributed by atoms with Gasteiger partial charge in [0.25, 0.3) is 0 Å². The van der Waals surface area contributed by atoms with Crippen molar-refractivity contribution in [3.05, 3.63) is 0 Å². The SMILES string of the molecule is CC(=O)C1CC2C(CCC2(C)C)CC1C.CC(=O)C1CC2CCC(C)(C)C2CC1C.CC(O)C1CC2C(CCC2(C)C)CC1C.CC(O)C1CC2CCC(C)(C)C2CC1C. The van der Waals surface area contributed by atoms with Gasteiger partial charge in [0, 0.05) is 11.8 Å². The van der Waals surface area contributed by atoms with Crippen LogP contribution in [0.3, 0.4) is 0 Å². The summed E-state index contributed by atoms with van der Waals surface area (Å²) >= 11 is 0. The fourth-order valence-corrected chi connectivity index (χ4v) is 16.6. The van der Waals surface area contributed by atoms with E-state index in [4.69, 9.17) is 0 Å². The van der Waals surface area contributed by atoms with Gasteiger partial charge in [0.2, 0.25) is 0 Å². The van der Waals surface area contributed by atoms with E-state index in [9.17, 15) is 19.8 Å². The molecule has 0 aromatic heterocycles. The van der Waals surface area contributed by atoms with E-state index in [0.29, 0.717) is 74.7 Å². The minimum Gasteiger partial charge on any atom is -0.393 e. The average Bonchev–Trinajstić information content (AvgIpc) is 3.82. The number of aliphatic hydroxyl groups excluding tert-OH is 2. The lowest BCUT2D eigenvalue weighted by Gasteiger charge is -2.42. The van der Waals surface area contributed by atoms with Gasteiger partial charge in [-0.3, -0.25) is 9.59 Å². The van der Waals surface area contributed by atoms with Gasteiger partial charge in [-0.15, -0.1) is 0 Å². The van der Waals surface area contributed by atoms with Crippen molar-refractivity contribution in [1.82, 2.24) is 0 Å². The van der Waals surface area contributed by atoms with Gasteiger partial charge >= 0.3 is 0 Å². The monoisotopic (exact) mass is 837 g/mol. The average molecular weight is 837 g/mol. The molecule has 18 unspecified atom stereocenters. The molecule has 60 heavy (non-hydrogen) atoms. The number of hydrogen-bond donors (Lipinski definition) is 2. The van der Waals surface area contributed by atoms with Crippen molar-refractivity contribution in [2.24, 2.45) is 116 Å². The normalized spacial score (nSPS) is 45.0. The quantitative estimate of drug-likeness (QED) is 0.296. The predicted molar refractivity (Wildman–Crippen MR) is 252 cm³/mol. The molecule has 0 aromatic rings. The second-order valence-electron chi connectivity index (χ2n) is 26.6. The van der Waals surface area contributed by atoms with Crippen molar-refractivity contribution in [2.75, 3.05) is 0 Å². The molecule has 18 atom stereocenters. The number of ketones is 2. The Morgan fingerprint density at radius 3 is 1.12 bits per heavy atom. The Balaban J connectivity index is 0.000000152. The third-order valence-corrected chi connectivity index (χ3v) is 20.8. The van der Waals surface area contributed by atoms with Gasteiger partial charge in [-0.25, -0.2) is 0 Å². The van der Waals surface area contributed by atoms with Gasteiger partial charge < -0.3 is 10.2 Å². The summed E-state index contributed by atoms with van der Waals surface area (Å²) in [5, 5.41) is 19.6. The van der Waals surface area contributed by atoms with Crippen molar-refractivity contribution in [3.8, 4) is 0 Å². The summed E-state index contributed by atoms with van der Waals surface area (Å²) in [6.07, 6.45) is 21.0. The third kappa shape index (κ3) is 11.2. The maximum absolute atomic E-state index is 11.6. The van der Waals surface area contributed by atoms with E-state index in [1.54, 1.807) is 13.8 Å². The van der Waals surface area contributed by atoms with Crippen LogP contribution in [0.1, 0.15) is 214 Å². The molecular weight excluding hydrogens is 737 g/mol. The van der Waals surface area contributed by atoms with Gasteiger partial charge in [-0.1, -0.05) is 83.1 Å². The lowest BCUT2D eigenvalue weighted by atomic mass is 9.63. The molecule has 8 aliphatic rings. The van der Waals surface area contributed by atoms with E-state index in [-0.39, 0.29) is 12.2 Å². The second kappa shape index (κ2) is 19.4. The van der Waals surface area contributed by atoms with Crippen molar-refractivity contribution in [1.29, 1.82) is 0 Å². The smallest absolute Gasteiger partial charge is 0.133 e. The molecule has 8 aliphatic carbocycles. The van der Waals surface area contributed by atoms with Crippen molar-refractivity contribution in [2.45, 2.75) is 226 Å². The van der Waals surface area contributed by atoms with Gasteiger partial charge in [-0.05, 0) is 235 Å². The molecule has 8 fully saturated rings. The van der Waals surface area contributed by atoms with Crippen LogP contribution in [-0.2, 0) is 9.59 Å². The number of carbonyl (C=O) groups excluding carboxylic acids is 2. The number of fused-ring (bicyclic) bond motifs is 4. The predicted octanol–water partition coefficient (Wildman–Crippen LogP) is 14.3. The molecule has 8 rings (SSSR count). The van der Waals surface area contributed by atoms with E-state index in [1.165, 1.54) is 96.3 Å². The zero-order chi connectivity index (χ0) is 44.9. The van der Waals surface area contributed by atoms with Gasteiger partial charge in [0.05, 0.1) is 12.2 Å². The fraction of sp³-hybridized carbons (Fsp3) is 0.964. The first-order valence-electron chi connectivity index (χ1n) is 26.0. The van der Waals surface area contributed by atoms with E-state index < -0.39 is 0 Å². The van der Waals surface area contributed by atoms with Crippen LogP contribution in [0.4, 0.5) is 0 Å². The Kier molecular flexibility index (Phi) is 16.2. The molecule has 0 saturated heterocycles. The molecule has 348 valence electrons. The first-order valence-corrected chi connectivity index (χ1v) is 26.0. The summed E-state index contributed by atoms with van der Waals surface area (Å²) in [7, 11) is 0. The zero-order valence-corrected chi connectivity index (χ0v) is 42.4. The molecule has 0 spiro atoms. The van der Waals surface area contributed by atoms with E-state index >= 15 is 0 Å². The van der Waals surface area contributed by atoms with Crippen LogP contribution in [0.2, 0.25) is 0 Å². The maximum Gasteiger partial charge on any atom is 0.133 e. The lowest BCUT2D eigenvalue weighted by Crippen LogP contribution is -2.37. The molecule has 0 heterocycles. The minimum absolute atomic E-state index is 0.107. The molecular formula is C56H100O4. The van der Waals surface area contributed by atoms with Crippen LogP contribution in [0.15, 0.2) is 0 Å².